The fraction of sp³-hybridized carbons (Fsp3) is 0. The topological polar surface area (TPSA) is 26.0 Å². The van der Waals surface area contributed by atoms with E-state index < -0.39 is 0 Å². The summed E-state index contributed by atoms with van der Waals surface area (Å²) in [5.41, 5.74) is 7.34. The molecule has 1 radical (unpaired) electrons. The molecule has 0 aliphatic carbocycles. The van der Waals surface area contributed by atoms with Gasteiger partial charge >= 0.3 is 0 Å². The van der Waals surface area contributed by atoms with Crippen molar-refractivity contribution in [2.75, 3.05) is 0 Å². The van der Waals surface area contributed by atoms with Gasteiger partial charge in [-0.25, -0.2) is 0 Å². The molecule has 0 saturated carbocycles. The zero-order valence-electron chi connectivity index (χ0n) is 5.75. The third kappa shape index (κ3) is 1.38. The Morgan fingerprint density at radius 2 is 1.90 bits per heavy atom. The quantitative estimate of drug-likeness (QED) is 0.619. The van der Waals surface area contributed by atoms with Crippen LogP contribution in [-0.2, 0) is 0 Å². The van der Waals surface area contributed by atoms with Gasteiger partial charge in [-0.05, 0) is 12.5 Å². The average molecular weight is 132 g/mol. The number of nitrogens with two attached hydrogens (primary N) is 1. The molecule has 0 unspecified atom stereocenters. The molecule has 1 aromatic rings. The summed E-state index contributed by atoms with van der Waals surface area (Å²) >= 11 is 0. The van der Waals surface area contributed by atoms with Crippen LogP contribution in [0.4, 0.5) is 0 Å². The molecule has 10 heavy (non-hydrogen) atoms. The van der Waals surface area contributed by atoms with E-state index in [0.717, 1.165) is 11.3 Å². The third-order valence-electron chi connectivity index (χ3n) is 1.33. The highest BCUT2D eigenvalue weighted by Gasteiger charge is 1.89. The van der Waals surface area contributed by atoms with Crippen LogP contribution >= 0.6 is 0 Å². The third-order valence-corrected chi connectivity index (χ3v) is 1.33. The standard InChI is InChI=1S/C9H10N/c1-2-9(10)8-6-4-3-5-7-8/h2-7H,1,10H2. The van der Waals surface area contributed by atoms with Gasteiger partial charge in [0.15, 0.2) is 0 Å². The van der Waals surface area contributed by atoms with Crippen LogP contribution in [0.3, 0.4) is 0 Å². The highest BCUT2D eigenvalue weighted by molar-refractivity contribution is 5.62. The molecule has 0 spiro atoms. The Labute approximate surface area is 61.2 Å². The molecule has 0 heterocycles. The summed E-state index contributed by atoms with van der Waals surface area (Å²) in [6.45, 7) is 3.57. The Balaban J connectivity index is 2.96. The summed E-state index contributed by atoms with van der Waals surface area (Å²) < 4.78 is 0. The minimum absolute atomic E-state index is 0.723. The first kappa shape index (κ1) is 6.87. The first-order chi connectivity index (χ1) is 4.84. The summed E-state index contributed by atoms with van der Waals surface area (Å²) in [5, 5.41) is 0. The Morgan fingerprint density at radius 1 is 1.30 bits per heavy atom. The molecule has 0 fully saturated rings. The predicted molar refractivity (Wildman–Crippen MR) is 44.0 cm³/mol. The van der Waals surface area contributed by atoms with E-state index >= 15 is 0 Å². The Hall–Kier alpha value is -1.24. The first-order valence-corrected chi connectivity index (χ1v) is 3.15. The maximum absolute atomic E-state index is 5.59. The molecule has 0 bridgehead atoms. The van der Waals surface area contributed by atoms with Gasteiger partial charge < -0.3 is 5.73 Å². The van der Waals surface area contributed by atoms with E-state index in [1.54, 1.807) is 6.08 Å². The molecule has 1 aromatic carbocycles. The summed E-state index contributed by atoms with van der Waals surface area (Å²) in [6.07, 6.45) is 1.65. The van der Waals surface area contributed by atoms with Crippen molar-refractivity contribution in [1.82, 2.24) is 0 Å². The van der Waals surface area contributed by atoms with Gasteiger partial charge in [-0.1, -0.05) is 36.4 Å². The van der Waals surface area contributed by atoms with E-state index in [-0.39, 0.29) is 0 Å². The lowest BCUT2D eigenvalue weighted by atomic mass is 10.2. The molecule has 0 aliphatic rings. The molecular formula is C9H10N. The van der Waals surface area contributed by atoms with E-state index in [9.17, 15) is 0 Å². The molecule has 0 aliphatic heterocycles. The van der Waals surface area contributed by atoms with Gasteiger partial charge in [-0.3, -0.25) is 0 Å². The normalized spacial score (nSPS) is 11.5. The van der Waals surface area contributed by atoms with Crippen LogP contribution in [0.1, 0.15) is 5.56 Å². The SMILES string of the molecule is [CH2]C=C(N)c1ccccc1. The van der Waals surface area contributed by atoms with Crippen molar-refractivity contribution in [2.24, 2.45) is 5.73 Å². The van der Waals surface area contributed by atoms with Gasteiger partial charge in [-0.15, -0.1) is 0 Å². The number of allylic oxidation sites excluding steroid dienone is 1. The average Bonchev–Trinajstić information content (AvgIpc) is 2.05. The van der Waals surface area contributed by atoms with E-state index in [0.29, 0.717) is 0 Å². The van der Waals surface area contributed by atoms with E-state index in [1.165, 1.54) is 0 Å². The molecule has 51 valence electrons. The maximum atomic E-state index is 5.59. The van der Waals surface area contributed by atoms with E-state index in [2.05, 4.69) is 6.92 Å². The lowest BCUT2D eigenvalue weighted by molar-refractivity contribution is 1.52. The van der Waals surface area contributed by atoms with Crippen molar-refractivity contribution >= 4 is 5.70 Å². The second kappa shape index (κ2) is 3.06. The van der Waals surface area contributed by atoms with Crippen molar-refractivity contribution in [2.45, 2.75) is 0 Å². The van der Waals surface area contributed by atoms with Crippen LogP contribution < -0.4 is 5.73 Å². The van der Waals surface area contributed by atoms with Crippen LogP contribution in [0.25, 0.3) is 5.70 Å². The van der Waals surface area contributed by atoms with Gasteiger partial charge in [0, 0.05) is 5.70 Å². The second-order valence-electron chi connectivity index (χ2n) is 2.03. The highest BCUT2D eigenvalue weighted by Crippen LogP contribution is 2.05. The number of rotatable bonds is 1. The zero-order valence-corrected chi connectivity index (χ0v) is 5.75. The van der Waals surface area contributed by atoms with Crippen molar-refractivity contribution in [3.8, 4) is 0 Å². The van der Waals surface area contributed by atoms with Gasteiger partial charge in [0.25, 0.3) is 0 Å². The predicted octanol–water partition coefficient (Wildman–Crippen LogP) is 1.82. The van der Waals surface area contributed by atoms with Crippen LogP contribution in [0, 0.1) is 6.92 Å². The molecule has 1 rings (SSSR count). The Morgan fingerprint density at radius 3 is 2.40 bits per heavy atom. The van der Waals surface area contributed by atoms with Gasteiger partial charge in [0.05, 0.1) is 0 Å². The Bertz CT molecular complexity index is 224. The fourth-order valence-corrected chi connectivity index (χ4v) is 0.748. The van der Waals surface area contributed by atoms with Crippen LogP contribution in [0.5, 0.6) is 0 Å². The van der Waals surface area contributed by atoms with Crippen LogP contribution in [0.2, 0.25) is 0 Å². The van der Waals surface area contributed by atoms with Crippen LogP contribution in [0.15, 0.2) is 36.4 Å². The van der Waals surface area contributed by atoms with Gasteiger partial charge in [0.1, 0.15) is 0 Å². The van der Waals surface area contributed by atoms with Gasteiger partial charge in [0.2, 0.25) is 0 Å². The molecular weight excluding hydrogens is 122 g/mol. The summed E-state index contributed by atoms with van der Waals surface area (Å²) in [4.78, 5) is 0. The number of hydrogen-bond donors (Lipinski definition) is 1. The van der Waals surface area contributed by atoms with Crippen molar-refractivity contribution in [3.05, 3.63) is 48.9 Å². The van der Waals surface area contributed by atoms with Crippen molar-refractivity contribution in [3.63, 3.8) is 0 Å². The Kier molecular flexibility index (Phi) is 2.11. The summed E-state index contributed by atoms with van der Waals surface area (Å²) in [5.74, 6) is 0. The maximum Gasteiger partial charge on any atom is 0.0347 e. The number of hydrogen-bond acceptors (Lipinski definition) is 1. The lowest BCUT2D eigenvalue weighted by Gasteiger charge is -1.97. The van der Waals surface area contributed by atoms with E-state index in [1.807, 2.05) is 30.3 Å². The first-order valence-electron chi connectivity index (χ1n) is 3.15. The lowest BCUT2D eigenvalue weighted by Crippen LogP contribution is -1.93. The highest BCUT2D eigenvalue weighted by atomic mass is 14.6. The monoisotopic (exact) mass is 132 g/mol. The van der Waals surface area contributed by atoms with Gasteiger partial charge in [-0.2, -0.15) is 0 Å². The zero-order chi connectivity index (χ0) is 7.40. The van der Waals surface area contributed by atoms with Crippen LogP contribution in [-0.4, -0.2) is 0 Å². The number of benzene rings is 1. The molecule has 1 nitrogen and oxygen atoms in total. The molecule has 1 heteroatoms. The summed E-state index contributed by atoms with van der Waals surface area (Å²) in [6, 6.07) is 9.77. The minimum atomic E-state index is 0.723. The largest absolute Gasteiger partial charge is 0.399 e. The van der Waals surface area contributed by atoms with Crippen molar-refractivity contribution < 1.29 is 0 Å². The van der Waals surface area contributed by atoms with Crippen molar-refractivity contribution in [1.29, 1.82) is 0 Å². The summed E-state index contributed by atoms with van der Waals surface area (Å²) in [7, 11) is 0. The molecule has 0 atom stereocenters. The smallest absolute Gasteiger partial charge is 0.0347 e. The molecule has 0 amide bonds. The minimum Gasteiger partial charge on any atom is -0.399 e. The van der Waals surface area contributed by atoms with E-state index in [4.69, 9.17) is 5.73 Å². The second-order valence-corrected chi connectivity index (χ2v) is 2.03. The molecule has 0 saturated heterocycles. The fourth-order valence-electron chi connectivity index (χ4n) is 0.748. The molecule has 2 N–H and O–H groups in total. The molecule has 0 aromatic heterocycles.